The van der Waals surface area contributed by atoms with Crippen molar-refractivity contribution in [1.82, 2.24) is 4.90 Å². The van der Waals surface area contributed by atoms with E-state index in [1.807, 2.05) is 30.3 Å². The molecule has 0 saturated carbocycles. The summed E-state index contributed by atoms with van der Waals surface area (Å²) in [6.07, 6.45) is 0. The predicted octanol–water partition coefficient (Wildman–Crippen LogP) is 5.21. The first-order valence-corrected chi connectivity index (χ1v) is 11.1. The van der Waals surface area contributed by atoms with E-state index < -0.39 is 5.63 Å². The van der Waals surface area contributed by atoms with Gasteiger partial charge in [0.15, 0.2) is 5.58 Å². The van der Waals surface area contributed by atoms with Crippen molar-refractivity contribution in [2.24, 2.45) is 0 Å². The molecule has 3 aromatic rings. The largest absolute Gasteiger partial charge is 0.496 e. The first-order valence-electron chi connectivity index (χ1n) is 8.48. The van der Waals surface area contributed by atoms with E-state index in [2.05, 4.69) is 31.9 Å². The molecule has 0 spiro atoms. The Bertz CT molecular complexity index is 1130. The van der Waals surface area contributed by atoms with Gasteiger partial charge in [-0.05, 0) is 40.2 Å². The van der Waals surface area contributed by atoms with E-state index >= 15 is 0 Å². The number of hydrogen-bond donors (Lipinski definition) is 0. The number of rotatable bonds is 3. The molecule has 1 atom stereocenters. The van der Waals surface area contributed by atoms with E-state index in [1.54, 1.807) is 35.9 Å². The number of methoxy groups -OCH3 is 1. The van der Waals surface area contributed by atoms with Crippen molar-refractivity contribution in [2.75, 3.05) is 19.4 Å². The fourth-order valence-electron chi connectivity index (χ4n) is 3.27. The van der Waals surface area contributed by atoms with Crippen molar-refractivity contribution in [3.8, 4) is 5.75 Å². The maximum atomic E-state index is 13.3. The van der Waals surface area contributed by atoms with Crippen LogP contribution in [-0.2, 0) is 0 Å². The van der Waals surface area contributed by atoms with E-state index in [0.717, 1.165) is 21.5 Å². The van der Waals surface area contributed by atoms with Crippen molar-refractivity contribution >= 4 is 60.5 Å². The lowest BCUT2D eigenvalue weighted by Gasteiger charge is -2.25. The van der Waals surface area contributed by atoms with Gasteiger partial charge in [-0.3, -0.25) is 4.79 Å². The summed E-state index contributed by atoms with van der Waals surface area (Å²) in [6.45, 7) is 0.547. The molecule has 0 N–H and O–H groups in total. The number of benzene rings is 2. The van der Waals surface area contributed by atoms with E-state index in [4.69, 9.17) is 9.15 Å². The minimum Gasteiger partial charge on any atom is -0.496 e. The molecule has 0 unspecified atom stereocenters. The summed E-state index contributed by atoms with van der Waals surface area (Å²) in [5.41, 5.74) is 0.717. The topological polar surface area (TPSA) is 59.8 Å². The molecule has 1 aromatic heterocycles. The number of hydrogen-bond acceptors (Lipinski definition) is 5. The van der Waals surface area contributed by atoms with Crippen LogP contribution in [0.5, 0.6) is 5.75 Å². The first-order chi connectivity index (χ1) is 13.5. The third kappa shape index (κ3) is 3.49. The van der Waals surface area contributed by atoms with Gasteiger partial charge in [-0.25, -0.2) is 4.79 Å². The van der Waals surface area contributed by atoms with Gasteiger partial charge >= 0.3 is 5.63 Å². The SMILES string of the molecule is COc1ccccc1[C@@H]1SCCN1C(=O)c1cc2cc(Br)cc(Br)c2oc1=O. The number of fused-ring (bicyclic) bond motifs is 1. The quantitative estimate of drug-likeness (QED) is 0.440. The van der Waals surface area contributed by atoms with Crippen LogP contribution in [0.4, 0.5) is 0 Å². The van der Waals surface area contributed by atoms with E-state index in [9.17, 15) is 9.59 Å². The predicted molar refractivity (Wildman–Crippen MR) is 117 cm³/mol. The van der Waals surface area contributed by atoms with Crippen LogP contribution in [-0.4, -0.2) is 30.2 Å². The Morgan fingerprint density at radius 1 is 1.25 bits per heavy atom. The van der Waals surface area contributed by atoms with Crippen molar-refractivity contribution < 1.29 is 13.9 Å². The lowest BCUT2D eigenvalue weighted by Crippen LogP contribution is -2.33. The maximum Gasteiger partial charge on any atom is 0.349 e. The van der Waals surface area contributed by atoms with E-state index in [1.165, 1.54) is 0 Å². The third-order valence-electron chi connectivity index (χ3n) is 4.54. The second-order valence-corrected chi connectivity index (χ2v) is 9.18. The van der Waals surface area contributed by atoms with Gasteiger partial charge in [0.25, 0.3) is 5.91 Å². The van der Waals surface area contributed by atoms with Crippen molar-refractivity contribution in [3.05, 3.63) is 73.0 Å². The van der Waals surface area contributed by atoms with Crippen LogP contribution in [0.25, 0.3) is 11.0 Å². The summed E-state index contributed by atoms with van der Waals surface area (Å²) in [5.74, 6) is 1.16. The Labute approximate surface area is 182 Å². The molecule has 0 aliphatic carbocycles. The standard InChI is InChI=1S/C20H15Br2NO4S/c1-26-16-5-3-2-4-13(16)19-23(6-7-28-19)18(24)14-9-11-8-12(21)10-15(22)17(11)27-20(14)25/h2-5,8-10,19H,6-7H2,1H3/t19-/m0/s1. The third-order valence-corrected chi connectivity index (χ3v) is 6.83. The van der Waals surface area contributed by atoms with Crippen LogP contribution in [0.2, 0.25) is 0 Å². The summed E-state index contributed by atoms with van der Waals surface area (Å²) in [7, 11) is 1.61. The minimum atomic E-state index is -0.642. The summed E-state index contributed by atoms with van der Waals surface area (Å²) in [5, 5.41) is 0.456. The Kier molecular flexibility index (Phi) is 5.53. The Morgan fingerprint density at radius 3 is 2.82 bits per heavy atom. The van der Waals surface area contributed by atoms with Crippen molar-refractivity contribution in [2.45, 2.75) is 5.37 Å². The highest BCUT2D eigenvalue weighted by Crippen LogP contribution is 2.42. The van der Waals surface area contributed by atoms with E-state index in [0.29, 0.717) is 22.0 Å². The Balaban J connectivity index is 1.76. The van der Waals surface area contributed by atoms with Gasteiger partial charge in [-0.1, -0.05) is 34.1 Å². The summed E-state index contributed by atoms with van der Waals surface area (Å²) < 4.78 is 12.4. The van der Waals surface area contributed by atoms with Crippen molar-refractivity contribution in [3.63, 3.8) is 0 Å². The smallest absolute Gasteiger partial charge is 0.349 e. The zero-order valence-electron chi connectivity index (χ0n) is 14.8. The zero-order valence-corrected chi connectivity index (χ0v) is 18.8. The highest BCUT2D eigenvalue weighted by Gasteiger charge is 2.34. The van der Waals surface area contributed by atoms with Gasteiger partial charge in [0.05, 0.1) is 11.6 Å². The number of carbonyl (C=O) groups excluding carboxylic acids is 1. The normalized spacial score (nSPS) is 16.5. The molecule has 0 bridgehead atoms. The Morgan fingerprint density at radius 2 is 2.04 bits per heavy atom. The molecule has 1 saturated heterocycles. The van der Waals surface area contributed by atoms with Crippen molar-refractivity contribution in [1.29, 1.82) is 0 Å². The molecule has 144 valence electrons. The summed E-state index contributed by atoms with van der Waals surface area (Å²) in [6, 6.07) is 12.8. The Hall–Kier alpha value is -1.77. The molecule has 8 heteroatoms. The molecule has 2 aromatic carbocycles. The fourth-order valence-corrected chi connectivity index (χ4v) is 5.89. The van der Waals surface area contributed by atoms with Crippen LogP contribution in [0, 0.1) is 0 Å². The van der Waals surface area contributed by atoms with Gasteiger partial charge in [0, 0.05) is 27.7 Å². The lowest BCUT2D eigenvalue weighted by atomic mass is 10.1. The summed E-state index contributed by atoms with van der Waals surface area (Å²) >= 11 is 8.46. The second-order valence-electron chi connectivity index (χ2n) is 6.22. The molecule has 5 nitrogen and oxygen atoms in total. The van der Waals surface area contributed by atoms with Gasteiger partial charge in [0.2, 0.25) is 0 Å². The minimum absolute atomic E-state index is 0.0277. The van der Waals surface area contributed by atoms with Gasteiger partial charge in [0.1, 0.15) is 16.7 Å². The molecule has 28 heavy (non-hydrogen) atoms. The van der Waals surface area contributed by atoms with Crippen LogP contribution in [0.15, 0.2) is 60.6 Å². The molecule has 1 aliphatic heterocycles. The monoisotopic (exact) mass is 523 g/mol. The maximum absolute atomic E-state index is 13.3. The molecule has 2 heterocycles. The average Bonchev–Trinajstić information content (AvgIpc) is 3.17. The number of nitrogens with zero attached hydrogens (tertiary/aromatic N) is 1. The van der Waals surface area contributed by atoms with Crippen LogP contribution in [0.1, 0.15) is 21.3 Å². The number of carbonyl (C=O) groups is 1. The summed E-state index contributed by atoms with van der Waals surface area (Å²) in [4.78, 5) is 27.5. The molecule has 1 fully saturated rings. The first kappa shape index (κ1) is 19.5. The van der Waals surface area contributed by atoms with Gasteiger partial charge in [-0.2, -0.15) is 0 Å². The zero-order chi connectivity index (χ0) is 19.8. The molecule has 1 amide bonds. The molecular formula is C20H15Br2NO4S. The highest BCUT2D eigenvalue weighted by molar-refractivity contribution is 9.11. The number of amides is 1. The molecule has 0 radical (unpaired) electrons. The average molecular weight is 525 g/mol. The molecule has 4 rings (SSSR count). The molecular weight excluding hydrogens is 510 g/mol. The number of halogens is 2. The van der Waals surface area contributed by atoms with E-state index in [-0.39, 0.29) is 16.8 Å². The second kappa shape index (κ2) is 7.93. The molecule has 1 aliphatic rings. The number of para-hydroxylation sites is 1. The van der Waals surface area contributed by atoms with Gasteiger partial charge in [-0.15, -0.1) is 11.8 Å². The number of thioether (sulfide) groups is 1. The highest BCUT2D eigenvalue weighted by atomic mass is 79.9. The van der Waals surface area contributed by atoms with Crippen LogP contribution >= 0.6 is 43.6 Å². The fraction of sp³-hybridized carbons (Fsp3) is 0.200. The van der Waals surface area contributed by atoms with Crippen LogP contribution < -0.4 is 10.4 Å². The number of ether oxygens (including phenoxy) is 1. The lowest BCUT2D eigenvalue weighted by molar-refractivity contribution is 0.0755. The van der Waals surface area contributed by atoms with Gasteiger partial charge < -0.3 is 14.1 Å². The van der Waals surface area contributed by atoms with Crippen LogP contribution in [0.3, 0.4) is 0 Å².